The van der Waals surface area contributed by atoms with E-state index < -0.39 is 0 Å². The Hall–Kier alpha value is -3.54. The molecule has 30 heavy (non-hydrogen) atoms. The number of hydrogen-bond donors (Lipinski definition) is 0. The second-order valence-electron chi connectivity index (χ2n) is 7.51. The number of aryl methyl sites for hydroxylation is 4. The number of hydrogen-bond acceptors (Lipinski definition) is 5. The molecule has 2 heterocycles. The molecule has 0 saturated heterocycles. The third-order valence-corrected chi connectivity index (χ3v) is 5.10. The van der Waals surface area contributed by atoms with Crippen LogP contribution in [0.5, 0.6) is 0 Å². The summed E-state index contributed by atoms with van der Waals surface area (Å²) in [4.78, 5) is 28.8. The molecule has 0 radical (unpaired) electrons. The zero-order valence-electron chi connectivity index (χ0n) is 17.3. The molecular formula is C24H25N5O. The molecule has 2 aromatic heterocycles. The van der Waals surface area contributed by atoms with Crippen molar-refractivity contribution in [1.82, 2.24) is 19.5 Å². The van der Waals surface area contributed by atoms with Crippen molar-refractivity contribution in [3.8, 4) is 0 Å². The first-order valence-electron chi connectivity index (χ1n) is 10.1. The van der Waals surface area contributed by atoms with E-state index in [1.807, 2.05) is 55.4 Å². The number of aromatic nitrogens is 4. The molecular weight excluding hydrogens is 374 g/mol. The van der Waals surface area contributed by atoms with E-state index >= 15 is 0 Å². The first-order chi connectivity index (χ1) is 14.6. The number of anilines is 1. The van der Waals surface area contributed by atoms with Gasteiger partial charge in [0, 0.05) is 20.6 Å². The van der Waals surface area contributed by atoms with Gasteiger partial charge in [0.1, 0.15) is 11.2 Å². The smallest absolute Gasteiger partial charge is 0.273 e. The molecule has 6 nitrogen and oxygen atoms in total. The average molecular weight is 399 g/mol. The zero-order valence-corrected chi connectivity index (χ0v) is 17.3. The predicted octanol–water partition coefficient (Wildman–Crippen LogP) is 3.28. The summed E-state index contributed by atoms with van der Waals surface area (Å²) in [6.07, 6.45) is 3.81. The Balaban J connectivity index is 1.72. The summed E-state index contributed by atoms with van der Waals surface area (Å²) < 4.78 is 1.75. The summed E-state index contributed by atoms with van der Waals surface area (Å²) >= 11 is 0. The molecule has 152 valence electrons. The Labute approximate surface area is 175 Å². The maximum absolute atomic E-state index is 13.3. The molecule has 0 spiro atoms. The van der Waals surface area contributed by atoms with E-state index in [1.165, 1.54) is 11.1 Å². The van der Waals surface area contributed by atoms with Crippen LogP contribution in [0.1, 0.15) is 16.8 Å². The molecule has 0 aliphatic carbocycles. The van der Waals surface area contributed by atoms with E-state index in [2.05, 4.69) is 39.2 Å². The van der Waals surface area contributed by atoms with Crippen molar-refractivity contribution in [2.45, 2.75) is 25.8 Å². The molecule has 0 bridgehead atoms. The van der Waals surface area contributed by atoms with Crippen LogP contribution in [-0.4, -0.2) is 33.6 Å². The van der Waals surface area contributed by atoms with Gasteiger partial charge in [-0.1, -0.05) is 60.7 Å². The quantitative estimate of drug-likeness (QED) is 0.477. The van der Waals surface area contributed by atoms with Crippen molar-refractivity contribution < 1.29 is 0 Å². The number of fused-ring (bicyclic) bond motifs is 1. The molecule has 0 aliphatic heterocycles. The van der Waals surface area contributed by atoms with Gasteiger partial charge in [0.15, 0.2) is 5.65 Å². The third kappa shape index (κ3) is 4.38. The lowest BCUT2D eigenvalue weighted by Gasteiger charge is -2.15. The molecule has 4 rings (SSSR count). The summed E-state index contributed by atoms with van der Waals surface area (Å²) in [5.74, 6) is 0.564. The molecule has 6 heteroatoms. The third-order valence-electron chi connectivity index (χ3n) is 5.10. The second kappa shape index (κ2) is 8.86. The van der Waals surface area contributed by atoms with E-state index in [4.69, 9.17) is 0 Å². The van der Waals surface area contributed by atoms with Crippen LogP contribution in [0.2, 0.25) is 0 Å². The molecule has 0 atom stereocenters. The lowest BCUT2D eigenvalue weighted by Crippen LogP contribution is -2.28. The summed E-state index contributed by atoms with van der Waals surface area (Å²) in [7, 11) is 3.77. The Bertz CT molecular complexity index is 1190. The van der Waals surface area contributed by atoms with Crippen LogP contribution in [0.4, 0.5) is 5.95 Å². The van der Waals surface area contributed by atoms with E-state index in [0.717, 1.165) is 12.8 Å². The van der Waals surface area contributed by atoms with E-state index in [9.17, 15) is 4.79 Å². The van der Waals surface area contributed by atoms with Crippen molar-refractivity contribution in [3.05, 3.63) is 94.0 Å². The minimum atomic E-state index is -0.0715. The van der Waals surface area contributed by atoms with Crippen LogP contribution < -0.4 is 10.5 Å². The van der Waals surface area contributed by atoms with Gasteiger partial charge in [-0.15, -0.1) is 0 Å². The highest BCUT2D eigenvalue weighted by atomic mass is 16.1. The second-order valence-corrected chi connectivity index (χ2v) is 7.51. The Morgan fingerprint density at radius 2 is 1.47 bits per heavy atom. The summed E-state index contributed by atoms with van der Waals surface area (Å²) in [5.41, 5.74) is 4.09. The first kappa shape index (κ1) is 19.8. The zero-order chi connectivity index (χ0) is 20.9. The predicted molar refractivity (Wildman–Crippen MR) is 120 cm³/mol. The Kier molecular flexibility index (Phi) is 5.84. The minimum Gasteiger partial charge on any atom is -0.347 e. The van der Waals surface area contributed by atoms with Crippen LogP contribution in [-0.2, 0) is 25.8 Å². The highest BCUT2D eigenvalue weighted by molar-refractivity contribution is 5.70. The average Bonchev–Trinajstić information content (AvgIpc) is 2.78. The van der Waals surface area contributed by atoms with Gasteiger partial charge in [0.05, 0.1) is 6.20 Å². The maximum Gasteiger partial charge on any atom is 0.273 e. The molecule has 4 aromatic rings. The Morgan fingerprint density at radius 1 is 0.833 bits per heavy atom. The van der Waals surface area contributed by atoms with Crippen LogP contribution in [0, 0.1) is 0 Å². The van der Waals surface area contributed by atoms with Gasteiger partial charge in [0.2, 0.25) is 5.95 Å². The number of nitrogens with zero attached hydrogens (tertiary/aromatic N) is 5. The summed E-state index contributed by atoms with van der Waals surface area (Å²) in [6, 6.07) is 20.3. The lowest BCUT2D eigenvalue weighted by atomic mass is 10.1. The van der Waals surface area contributed by atoms with Gasteiger partial charge in [-0.3, -0.25) is 9.36 Å². The van der Waals surface area contributed by atoms with Gasteiger partial charge in [0.25, 0.3) is 5.56 Å². The number of rotatable bonds is 7. The van der Waals surface area contributed by atoms with Crippen molar-refractivity contribution in [3.63, 3.8) is 0 Å². The van der Waals surface area contributed by atoms with Gasteiger partial charge in [-0.25, -0.2) is 9.97 Å². The van der Waals surface area contributed by atoms with Crippen LogP contribution in [0.25, 0.3) is 11.2 Å². The monoisotopic (exact) mass is 399 g/mol. The van der Waals surface area contributed by atoms with E-state index in [0.29, 0.717) is 35.8 Å². The SMILES string of the molecule is CN(C)c1ncc2nc(CCc3ccccc3)c(=O)n(CCc3ccccc3)c2n1. The largest absolute Gasteiger partial charge is 0.347 e. The normalized spacial score (nSPS) is 11.0. The molecule has 0 aliphatic rings. The van der Waals surface area contributed by atoms with Crippen molar-refractivity contribution in [2.75, 3.05) is 19.0 Å². The summed E-state index contributed by atoms with van der Waals surface area (Å²) in [6.45, 7) is 0.546. The van der Waals surface area contributed by atoms with E-state index in [1.54, 1.807) is 10.8 Å². The first-order valence-corrected chi connectivity index (χ1v) is 10.1. The van der Waals surface area contributed by atoms with Crippen molar-refractivity contribution in [2.24, 2.45) is 0 Å². The van der Waals surface area contributed by atoms with Crippen LogP contribution in [0.3, 0.4) is 0 Å². The summed E-state index contributed by atoms with van der Waals surface area (Å²) in [5, 5.41) is 0. The van der Waals surface area contributed by atoms with Crippen LogP contribution in [0.15, 0.2) is 71.7 Å². The fraction of sp³-hybridized carbons (Fsp3) is 0.250. The highest BCUT2D eigenvalue weighted by Crippen LogP contribution is 2.13. The highest BCUT2D eigenvalue weighted by Gasteiger charge is 2.14. The molecule has 0 saturated carbocycles. The lowest BCUT2D eigenvalue weighted by molar-refractivity contribution is 0.669. The van der Waals surface area contributed by atoms with Gasteiger partial charge < -0.3 is 4.90 Å². The van der Waals surface area contributed by atoms with Gasteiger partial charge in [-0.2, -0.15) is 4.98 Å². The Morgan fingerprint density at radius 3 is 2.10 bits per heavy atom. The molecule has 2 aromatic carbocycles. The van der Waals surface area contributed by atoms with Crippen molar-refractivity contribution >= 4 is 17.1 Å². The fourth-order valence-electron chi connectivity index (χ4n) is 3.46. The standard InChI is InChI=1S/C24H25N5O/c1-28(2)24-25-17-21-22(27-24)29(16-15-19-11-7-4-8-12-19)23(30)20(26-21)14-13-18-9-5-3-6-10-18/h3-12,17H,13-16H2,1-2H3. The van der Waals surface area contributed by atoms with E-state index in [-0.39, 0.29) is 5.56 Å². The fourth-order valence-corrected chi connectivity index (χ4v) is 3.46. The number of benzene rings is 2. The molecule has 0 fully saturated rings. The minimum absolute atomic E-state index is 0.0715. The van der Waals surface area contributed by atoms with Gasteiger partial charge in [-0.05, 0) is 30.4 Å². The topological polar surface area (TPSA) is 63.9 Å². The molecule has 0 unspecified atom stereocenters. The van der Waals surface area contributed by atoms with Crippen LogP contribution >= 0.6 is 0 Å². The molecule has 0 N–H and O–H groups in total. The maximum atomic E-state index is 13.3. The van der Waals surface area contributed by atoms with Gasteiger partial charge >= 0.3 is 0 Å². The molecule has 0 amide bonds. The van der Waals surface area contributed by atoms with Crippen molar-refractivity contribution in [1.29, 1.82) is 0 Å².